The molecular formula is C21H27N3O5. The van der Waals surface area contributed by atoms with E-state index in [9.17, 15) is 4.79 Å². The van der Waals surface area contributed by atoms with Gasteiger partial charge in [-0.2, -0.15) is 4.98 Å². The summed E-state index contributed by atoms with van der Waals surface area (Å²) in [5.74, 6) is 2.38. The van der Waals surface area contributed by atoms with Gasteiger partial charge in [-0.1, -0.05) is 24.4 Å². The first kappa shape index (κ1) is 20.7. The number of aromatic nitrogens is 2. The van der Waals surface area contributed by atoms with Crippen molar-refractivity contribution >= 4 is 12.0 Å². The van der Waals surface area contributed by atoms with Crippen molar-refractivity contribution in [3.8, 4) is 17.2 Å². The van der Waals surface area contributed by atoms with Crippen LogP contribution >= 0.6 is 0 Å². The minimum absolute atomic E-state index is 0.219. The van der Waals surface area contributed by atoms with E-state index in [0.29, 0.717) is 29.0 Å². The number of ether oxygens (including phenoxy) is 3. The fourth-order valence-electron chi connectivity index (χ4n) is 3.70. The normalized spacial score (nSPS) is 15.9. The van der Waals surface area contributed by atoms with Crippen LogP contribution in [-0.2, 0) is 10.3 Å². The van der Waals surface area contributed by atoms with E-state index in [4.69, 9.17) is 18.7 Å². The lowest BCUT2D eigenvalue weighted by Gasteiger charge is -2.34. The second-order valence-corrected chi connectivity index (χ2v) is 7.06. The highest BCUT2D eigenvalue weighted by atomic mass is 16.5. The van der Waals surface area contributed by atoms with Crippen molar-refractivity contribution in [2.75, 3.05) is 21.3 Å². The molecule has 2 aromatic rings. The average molecular weight is 401 g/mol. The lowest BCUT2D eigenvalue weighted by atomic mass is 9.81. The van der Waals surface area contributed by atoms with Crippen molar-refractivity contribution < 1.29 is 23.5 Å². The van der Waals surface area contributed by atoms with Crippen LogP contribution in [0.4, 0.5) is 0 Å². The fourth-order valence-corrected chi connectivity index (χ4v) is 3.70. The van der Waals surface area contributed by atoms with Gasteiger partial charge in [0.2, 0.25) is 17.5 Å². The zero-order chi connectivity index (χ0) is 20.9. The van der Waals surface area contributed by atoms with Gasteiger partial charge in [0.25, 0.3) is 0 Å². The van der Waals surface area contributed by atoms with Crippen LogP contribution in [0.5, 0.6) is 17.2 Å². The average Bonchev–Trinajstić information content (AvgIpc) is 3.19. The lowest BCUT2D eigenvalue weighted by molar-refractivity contribution is -0.119. The fraction of sp³-hybridized carbons (Fsp3) is 0.476. The van der Waals surface area contributed by atoms with Crippen LogP contribution in [0.1, 0.15) is 49.4 Å². The van der Waals surface area contributed by atoms with Crippen LogP contribution in [0.3, 0.4) is 0 Å². The van der Waals surface area contributed by atoms with Crippen LogP contribution in [0.15, 0.2) is 22.7 Å². The number of benzene rings is 1. The van der Waals surface area contributed by atoms with Gasteiger partial charge in [0, 0.05) is 13.0 Å². The molecule has 1 saturated carbocycles. The lowest BCUT2D eigenvalue weighted by Crippen LogP contribution is -2.47. The summed E-state index contributed by atoms with van der Waals surface area (Å²) in [6, 6.07) is 3.56. The number of carbonyl (C=O) groups is 1. The van der Waals surface area contributed by atoms with E-state index in [0.717, 1.165) is 37.7 Å². The molecule has 1 fully saturated rings. The topological polar surface area (TPSA) is 95.7 Å². The first-order valence-corrected chi connectivity index (χ1v) is 9.62. The number of methoxy groups -OCH3 is 3. The van der Waals surface area contributed by atoms with E-state index in [1.807, 2.05) is 0 Å². The highest BCUT2D eigenvalue weighted by Crippen LogP contribution is 2.39. The summed E-state index contributed by atoms with van der Waals surface area (Å²) in [5.41, 5.74) is 0.162. The molecule has 1 aromatic carbocycles. The number of amides is 1. The van der Waals surface area contributed by atoms with E-state index in [1.165, 1.54) is 6.08 Å². The molecule has 156 valence electrons. The van der Waals surface area contributed by atoms with Crippen molar-refractivity contribution in [2.24, 2.45) is 0 Å². The van der Waals surface area contributed by atoms with E-state index >= 15 is 0 Å². The summed E-state index contributed by atoms with van der Waals surface area (Å²) in [6.45, 7) is 1.75. The van der Waals surface area contributed by atoms with Gasteiger partial charge in [-0.25, -0.2) is 0 Å². The highest BCUT2D eigenvalue weighted by molar-refractivity contribution is 5.92. The number of aryl methyl sites for hydroxylation is 1. The second-order valence-electron chi connectivity index (χ2n) is 7.06. The Hall–Kier alpha value is -3.03. The van der Waals surface area contributed by atoms with Crippen molar-refractivity contribution in [3.63, 3.8) is 0 Å². The summed E-state index contributed by atoms with van der Waals surface area (Å²) in [5, 5.41) is 7.19. The number of hydrogen-bond acceptors (Lipinski definition) is 7. The van der Waals surface area contributed by atoms with Gasteiger partial charge in [0.1, 0.15) is 5.54 Å². The summed E-state index contributed by atoms with van der Waals surface area (Å²) < 4.78 is 21.2. The SMILES string of the molecule is COc1cc(/C=C/C(=O)NC2(c3noc(C)n3)CCCCC2)cc(OC)c1OC. The molecule has 1 heterocycles. The number of hydrogen-bond donors (Lipinski definition) is 1. The zero-order valence-corrected chi connectivity index (χ0v) is 17.3. The maximum absolute atomic E-state index is 12.7. The Balaban J connectivity index is 1.81. The molecule has 8 heteroatoms. The van der Waals surface area contributed by atoms with Crippen molar-refractivity contribution in [1.29, 1.82) is 0 Å². The molecule has 29 heavy (non-hydrogen) atoms. The smallest absolute Gasteiger partial charge is 0.244 e. The molecule has 1 amide bonds. The van der Waals surface area contributed by atoms with E-state index in [2.05, 4.69) is 15.5 Å². The van der Waals surface area contributed by atoms with Crippen LogP contribution in [0, 0.1) is 6.92 Å². The Morgan fingerprint density at radius 2 is 1.76 bits per heavy atom. The molecule has 0 unspecified atom stereocenters. The van der Waals surface area contributed by atoms with Crippen LogP contribution in [0.25, 0.3) is 6.08 Å². The molecule has 1 aromatic heterocycles. The van der Waals surface area contributed by atoms with Gasteiger partial charge in [-0.05, 0) is 36.6 Å². The monoisotopic (exact) mass is 401 g/mol. The van der Waals surface area contributed by atoms with Gasteiger partial charge in [-0.15, -0.1) is 0 Å². The third-order valence-electron chi connectivity index (χ3n) is 5.14. The predicted octanol–water partition coefficient (Wildman–Crippen LogP) is 3.39. The number of carbonyl (C=O) groups excluding carboxylic acids is 1. The zero-order valence-electron chi connectivity index (χ0n) is 17.3. The van der Waals surface area contributed by atoms with Gasteiger partial charge >= 0.3 is 0 Å². The first-order valence-electron chi connectivity index (χ1n) is 9.62. The molecule has 0 radical (unpaired) electrons. The van der Waals surface area contributed by atoms with Crippen molar-refractivity contribution in [1.82, 2.24) is 15.5 Å². The maximum Gasteiger partial charge on any atom is 0.244 e. The van der Waals surface area contributed by atoms with Gasteiger partial charge in [-0.3, -0.25) is 4.79 Å². The Morgan fingerprint density at radius 1 is 1.10 bits per heavy atom. The quantitative estimate of drug-likeness (QED) is 0.711. The molecule has 1 aliphatic rings. The van der Waals surface area contributed by atoms with Gasteiger partial charge in [0.15, 0.2) is 17.3 Å². The van der Waals surface area contributed by atoms with Gasteiger partial charge < -0.3 is 24.1 Å². The highest BCUT2D eigenvalue weighted by Gasteiger charge is 2.39. The Kier molecular flexibility index (Phi) is 6.41. The van der Waals surface area contributed by atoms with Crippen LogP contribution in [0.2, 0.25) is 0 Å². The molecule has 0 bridgehead atoms. The third kappa shape index (κ3) is 4.52. The molecular weight excluding hydrogens is 374 g/mol. The number of nitrogens with zero attached hydrogens (tertiary/aromatic N) is 2. The molecule has 1 aliphatic carbocycles. The predicted molar refractivity (Wildman–Crippen MR) is 107 cm³/mol. The first-order chi connectivity index (χ1) is 14.0. The van der Waals surface area contributed by atoms with E-state index in [1.54, 1.807) is 46.5 Å². The number of rotatable bonds is 7. The van der Waals surface area contributed by atoms with Crippen molar-refractivity contribution in [3.05, 3.63) is 35.5 Å². The van der Waals surface area contributed by atoms with E-state index in [-0.39, 0.29) is 5.91 Å². The molecule has 3 rings (SSSR count). The minimum Gasteiger partial charge on any atom is -0.493 e. The molecule has 8 nitrogen and oxygen atoms in total. The number of nitrogens with one attached hydrogen (secondary N) is 1. The molecule has 0 aliphatic heterocycles. The van der Waals surface area contributed by atoms with Gasteiger partial charge in [0.05, 0.1) is 21.3 Å². The molecule has 0 spiro atoms. The van der Waals surface area contributed by atoms with Crippen LogP contribution in [-0.4, -0.2) is 37.4 Å². The second kappa shape index (κ2) is 8.98. The largest absolute Gasteiger partial charge is 0.493 e. The Labute approximate surface area is 170 Å². The Morgan fingerprint density at radius 3 is 2.28 bits per heavy atom. The summed E-state index contributed by atoms with van der Waals surface area (Å²) in [6.07, 6.45) is 7.91. The third-order valence-corrected chi connectivity index (χ3v) is 5.14. The molecule has 1 N–H and O–H groups in total. The summed E-state index contributed by atoms with van der Waals surface area (Å²) in [7, 11) is 4.65. The minimum atomic E-state index is -0.591. The maximum atomic E-state index is 12.7. The Bertz CT molecular complexity index is 859. The molecule has 0 saturated heterocycles. The summed E-state index contributed by atoms with van der Waals surface area (Å²) >= 11 is 0. The van der Waals surface area contributed by atoms with Crippen LogP contribution < -0.4 is 19.5 Å². The van der Waals surface area contributed by atoms with E-state index < -0.39 is 5.54 Å². The summed E-state index contributed by atoms with van der Waals surface area (Å²) in [4.78, 5) is 17.1. The molecule has 0 atom stereocenters. The standard InChI is InChI=1S/C21H27N3O5/c1-14-22-20(24-29-14)21(10-6-5-7-11-21)23-18(25)9-8-15-12-16(26-2)19(28-4)17(13-15)27-3/h8-9,12-13H,5-7,10-11H2,1-4H3,(H,23,25)/b9-8+. The van der Waals surface area contributed by atoms with Crippen molar-refractivity contribution in [2.45, 2.75) is 44.6 Å².